The van der Waals surface area contributed by atoms with Crippen LogP contribution in [0.4, 0.5) is 11.8 Å². The van der Waals surface area contributed by atoms with Gasteiger partial charge in [-0.1, -0.05) is 0 Å². The number of rotatable bonds is 2. The van der Waals surface area contributed by atoms with Crippen molar-refractivity contribution in [1.29, 1.82) is 0 Å². The Morgan fingerprint density at radius 2 is 1.64 bits per heavy atom. The predicted octanol–water partition coefficient (Wildman–Crippen LogP) is -2.50. The van der Waals surface area contributed by atoms with Gasteiger partial charge in [-0.15, -0.1) is 0 Å². The lowest BCUT2D eigenvalue weighted by molar-refractivity contribution is -0.0637. The van der Waals surface area contributed by atoms with Gasteiger partial charge in [-0.2, -0.15) is 10.1 Å². The zero-order valence-corrected chi connectivity index (χ0v) is 24.2. The predicted molar refractivity (Wildman–Crippen MR) is 143 cm³/mol. The number of fused-ring (bicyclic) bond motifs is 5. The molecule has 3 saturated heterocycles. The van der Waals surface area contributed by atoms with E-state index in [0.717, 1.165) is 17.2 Å². The fourth-order valence-corrected chi connectivity index (χ4v) is 7.22. The molecule has 4 aromatic rings. The highest BCUT2D eigenvalue weighted by molar-refractivity contribution is 7.47. The van der Waals surface area contributed by atoms with E-state index >= 15 is 0 Å². The fourth-order valence-electron chi connectivity index (χ4n) is 5.32. The van der Waals surface area contributed by atoms with Crippen LogP contribution >= 0.6 is 15.6 Å². The Labute approximate surface area is 248 Å². The number of phosphoric ester groups is 2. The summed E-state index contributed by atoms with van der Waals surface area (Å²) < 4.78 is 61.0. The van der Waals surface area contributed by atoms with E-state index in [4.69, 9.17) is 39.0 Å². The number of nitrogens with two attached hydrogens (primary N) is 2. The Balaban J connectivity index is 1.21. The van der Waals surface area contributed by atoms with Crippen molar-refractivity contribution >= 4 is 44.2 Å². The van der Waals surface area contributed by atoms with Gasteiger partial charge in [0.2, 0.25) is 5.95 Å². The Kier molecular flexibility index (Phi) is 7.27. The molecular formula is C20H24N10O13P2. The molecule has 0 saturated carbocycles. The van der Waals surface area contributed by atoms with Crippen molar-refractivity contribution in [1.82, 2.24) is 39.1 Å². The second kappa shape index (κ2) is 10.8. The van der Waals surface area contributed by atoms with Crippen LogP contribution in [-0.4, -0.2) is 109 Å². The fraction of sp³-hybridized carbons (Fsp3) is 0.500. The van der Waals surface area contributed by atoms with Gasteiger partial charge < -0.3 is 40.9 Å². The summed E-state index contributed by atoms with van der Waals surface area (Å²) in [4.78, 5) is 51.7. The quantitative estimate of drug-likeness (QED) is 0.108. The van der Waals surface area contributed by atoms with E-state index < -0.39 is 83.4 Å². The van der Waals surface area contributed by atoms with Crippen molar-refractivity contribution in [3.8, 4) is 0 Å². The first-order chi connectivity index (χ1) is 21.3. The molecule has 0 amide bonds. The van der Waals surface area contributed by atoms with Crippen LogP contribution in [0.25, 0.3) is 16.8 Å². The molecular weight excluding hydrogens is 650 g/mol. The molecule has 4 aromatic heterocycles. The molecule has 0 aromatic carbocycles. The third-order valence-electron chi connectivity index (χ3n) is 7.33. The van der Waals surface area contributed by atoms with Crippen molar-refractivity contribution in [2.75, 3.05) is 24.7 Å². The van der Waals surface area contributed by atoms with Crippen LogP contribution in [0.5, 0.6) is 0 Å². The third kappa shape index (κ3) is 5.31. The zero-order chi connectivity index (χ0) is 31.8. The number of anilines is 2. The van der Waals surface area contributed by atoms with E-state index in [2.05, 4.69) is 30.0 Å². The topological polar surface area (TPSA) is 329 Å². The number of hydrogen-bond acceptors (Lipinski definition) is 18. The molecule has 23 nitrogen and oxygen atoms in total. The number of hydrogen-bond donors (Lipinski definition) is 7. The van der Waals surface area contributed by atoms with Crippen LogP contribution in [0.15, 0.2) is 23.6 Å². The molecule has 0 aliphatic carbocycles. The SMILES string of the molecule is Nc1nc2c(ncn2[C@@H]2O[C@@H]3COP(=O)(O)O[C@H]4[C@@H](O)[C@H](c5cnc6c(N)ncnn56)O[C@@H]4COP(=O)(O)O[C@@H]2[C@@H]3O)c(=O)[nH]1. The number of aromatic nitrogens is 8. The first-order valence-corrected chi connectivity index (χ1v) is 16.0. The number of nitrogens with zero attached hydrogens (tertiary/aromatic N) is 7. The van der Waals surface area contributed by atoms with Gasteiger partial charge in [0.1, 0.15) is 49.1 Å². The monoisotopic (exact) mass is 674 g/mol. The highest BCUT2D eigenvalue weighted by atomic mass is 31.2. The van der Waals surface area contributed by atoms with Crippen LogP contribution in [-0.2, 0) is 36.7 Å². The molecule has 0 radical (unpaired) electrons. The van der Waals surface area contributed by atoms with Gasteiger partial charge in [-0.3, -0.25) is 32.4 Å². The van der Waals surface area contributed by atoms with Gasteiger partial charge in [-0.25, -0.2) is 28.6 Å². The number of nitrogen functional groups attached to an aromatic ring is 2. The van der Waals surface area contributed by atoms with Crippen molar-refractivity contribution in [2.45, 2.75) is 49.0 Å². The maximum atomic E-state index is 13.2. The number of imidazole rings is 2. The highest BCUT2D eigenvalue weighted by Gasteiger charge is 2.54. The smallest absolute Gasteiger partial charge is 0.387 e. The average Bonchev–Trinajstić information content (AvgIpc) is 3.72. The van der Waals surface area contributed by atoms with E-state index in [1.54, 1.807) is 0 Å². The van der Waals surface area contributed by atoms with Crippen LogP contribution in [0.3, 0.4) is 0 Å². The zero-order valence-electron chi connectivity index (χ0n) is 22.4. The summed E-state index contributed by atoms with van der Waals surface area (Å²) in [5.41, 5.74) is 10.7. The lowest BCUT2D eigenvalue weighted by atomic mass is 10.1. The van der Waals surface area contributed by atoms with Crippen LogP contribution in [0, 0.1) is 0 Å². The molecule has 3 aliphatic heterocycles. The summed E-state index contributed by atoms with van der Waals surface area (Å²) in [6.07, 6.45) is -9.10. The van der Waals surface area contributed by atoms with Crippen LogP contribution in [0.2, 0.25) is 0 Å². The molecule has 7 rings (SSSR count). The normalized spacial score (nSPS) is 37.7. The Morgan fingerprint density at radius 1 is 0.933 bits per heavy atom. The minimum atomic E-state index is -5.11. The Bertz CT molecular complexity index is 1940. The van der Waals surface area contributed by atoms with Gasteiger partial charge in [0.05, 0.1) is 31.4 Å². The number of ether oxygens (including phenoxy) is 2. The largest absolute Gasteiger partial charge is 0.472 e. The van der Waals surface area contributed by atoms with Crippen molar-refractivity contribution in [3.05, 3.63) is 34.9 Å². The van der Waals surface area contributed by atoms with E-state index in [0.29, 0.717) is 0 Å². The first-order valence-electron chi connectivity index (χ1n) is 13.0. The van der Waals surface area contributed by atoms with Gasteiger partial charge in [0.25, 0.3) is 5.56 Å². The molecule has 45 heavy (non-hydrogen) atoms. The summed E-state index contributed by atoms with van der Waals surface area (Å²) in [6.45, 7) is -1.65. The van der Waals surface area contributed by atoms with Crippen molar-refractivity contribution in [3.63, 3.8) is 0 Å². The van der Waals surface area contributed by atoms with E-state index in [-0.39, 0.29) is 34.3 Å². The summed E-state index contributed by atoms with van der Waals surface area (Å²) in [7, 11) is -10.2. The second-order valence-corrected chi connectivity index (χ2v) is 13.0. The molecule has 0 spiro atoms. The van der Waals surface area contributed by atoms with Gasteiger partial charge >= 0.3 is 15.6 Å². The number of H-pyrrole nitrogens is 1. The van der Waals surface area contributed by atoms with E-state index in [1.807, 2.05) is 0 Å². The molecule has 2 bridgehead atoms. The maximum Gasteiger partial charge on any atom is 0.472 e. The average molecular weight is 674 g/mol. The summed E-state index contributed by atoms with van der Waals surface area (Å²) >= 11 is 0. The standard InChI is InChI=1S/C20H24N10O13P2/c21-15-17-23-1-6(30(17)26-4-24-15)12-11(32)13-8(40-12)3-39-45(36,37)43-14-10(31)7(2-38-44(34,35)42-13)41-19(14)29-5-25-9-16(29)27-20(22)28-18(9)33/h1,4-5,7-8,10-14,19,31-32H,2-3H2,(H,34,35)(H,36,37)(H2,21,24,26)(H3,22,27,28,33)/t7-,8-,10-,11+,12+,13-,14-,19-/m1/s1. The van der Waals surface area contributed by atoms with E-state index in [1.165, 1.54) is 10.7 Å². The number of aliphatic hydroxyl groups is 2. The van der Waals surface area contributed by atoms with Crippen LogP contribution in [0.1, 0.15) is 18.0 Å². The number of nitrogens with one attached hydrogen (secondary N) is 1. The van der Waals surface area contributed by atoms with Gasteiger partial charge in [0.15, 0.2) is 28.9 Å². The number of aliphatic hydroxyl groups excluding tert-OH is 2. The molecule has 3 fully saturated rings. The third-order valence-corrected chi connectivity index (χ3v) is 9.31. The van der Waals surface area contributed by atoms with E-state index in [9.17, 15) is 33.9 Å². The summed E-state index contributed by atoms with van der Waals surface area (Å²) in [5, 5.41) is 26.2. The maximum absolute atomic E-state index is 13.2. The Hall–Kier alpha value is -3.44. The molecule has 242 valence electrons. The Morgan fingerprint density at radius 3 is 2.40 bits per heavy atom. The minimum absolute atomic E-state index is 0.0181. The molecule has 7 heterocycles. The minimum Gasteiger partial charge on any atom is -0.387 e. The van der Waals surface area contributed by atoms with Crippen molar-refractivity contribution < 1.29 is 56.7 Å². The molecule has 9 N–H and O–H groups in total. The van der Waals surface area contributed by atoms with Gasteiger partial charge in [0, 0.05) is 0 Å². The second-order valence-electron chi connectivity index (χ2n) is 10.1. The lowest BCUT2D eigenvalue weighted by Gasteiger charge is -2.25. The number of phosphoric acid groups is 2. The molecule has 10 atom stereocenters. The lowest BCUT2D eigenvalue weighted by Crippen LogP contribution is -2.36. The first kappa shape index (κ1) is 30.2. The highest BCUT2D eigenvalue weighted by Crippen LogP contribution is 2.54. The van der Waals surface area contributed by atoms with Crippen LogP contribution < -0.4 is 17.0 Å². The molecule has 2 unspecified atom stereocenters. The molecule has 3 aliphatic rings. The molecule has 25 heteroatoms. The number of aromatic amines is 1. The summed E-state index contributed by atoms with van der Waals surface area (Å²) in [6, 6.07) is 0. The van der Waals surface area contributed by atoms with Gasteiger partial charge in [-0.05, 0) is 0 Å². The summed E-state index contributed by atoms with van der Waals surface area (Å²) in [5.74, 6) is -0.266. The van der Waals surface area contributed by atoms with Crippen molar-refractivity contribution in [2.24, 2.45) is 0 Å².